The highest BCUT2D eigenvalue weighted by Crippen LogP contribution is 2.44. The van der Waals surface area contributed by atoms with Crippen LogP contribution in [0, 0.1) is 11.8 Å². The van der Waals surface area contributed by atoms with Gasteiger partial charge in [-0.05, 0) is 31.7 Å². The molecule has 1 aliphatic rings. The summed E-state index contributed by atoms with van der Waals surface area (Å²) >= 11 is 0. The molecule has 1 N–H and O–H groups in total. The fourth-order valence-corrected chi connectivity index (χ4v) is 3.20. The molecule has 0 amide bonds. The molecule has 1 nitrogen and oxygen atoms in total. The van der Waals surface area contributed by atoms with E-state index in [2.05, 4.69) is 36.1 Å². The largest absolute Gasteiger partial charge is 0.392 e. The van der Waals surface area contributed by atoms with E-state index in [1.807, 2.05) is 13.0 Å². The molecular formula is C17H22O. The maximum absolute atomic E-state index is 10.6. The van der Waals surface area contributed by atoms with Crippen LogP contribution in [0.25, 0.3) is 0 Å². The van der Waals surface area contributed by atoms with Gasteiger partial charge in [-0.2, -0.15) is 0 Å². The zero-order chi connectivity index (χ0) is 12.8. The molecule has 0 saturated heterocycles. The molecule has 2 rings (SSSR count). The van der Waals surface area contributed by atoms with Gasteiger partial charge in [0.15, 0.2) is 0 Å². The van der Waals surface area contributed by atoms with E-state index in [0.717, 1.165) is 25.7 Å². The van der Waals surface area contributed by atoms with Crippen LogP contribution in [-0.4, -0.2) is 11.2 Å². The molecule has 1 atom stereocenters. The van der Waals surface area contributed by atoms with E-state index in [1.54, 1.807) is 0 Å². The number of rotatable bonds is 4. The van der Waals surface area contributed by atoms with Crippen molar-refractivity contribution in [3.63, 3.8) is 0 Å². The Kier molecular flexibility index (Phi) is 4.44. The van der Waals surface area contributed by atoms with Crippen molar-refractivity contribution < 1.29 is 5.11 Å². The molecule has 1 aliphatic carbocycles. The van der Waals surface area contributed by atoms with Crippen molar-refractivity contribution in [3.05, 3.63) is 35.9 Å². The lowest BCUT2D eigenvalue weighted by atomic mass is 9.73. The van der Waals surface area contributed by atoms with E-state index in [-0.39, 0.29) is 11.5 Å². The minimum absolute atomic E-state index is 0.0172. The molecule has 1 heteroatoms. The average Bonchev–Trinajstić information content (AvgIpc) is 2.90. The molecule has 96 valence electrons. The van der Waals surface area contributed by atoms with Crippen LogP contribution in [-0.2, 0) is 5.41 Å². The average molecular weight is 242 g/mol. The molecular weight excluding hydrogens is 220 g/mol. The topological polar surface area (TPSA) is 20.2 Å². The zero-order valence-electron chi connectivity index (χ0n) is 11.2. The maximum Gasteiger partial charge on any atom is 0.0645 e. The minimum atomic E-state index is -0.261. The fraction of sp³-hybridized carbons (Fsp3) is 0.529. The summed E-state index contributed by atoms with van der Waals surface area (Å²) in [7, 11) is 0. The Labute approximate surface area is 110 Å². The van der Waals surface area contributed by atoms with Crippen molar-refractivity contribution in [2.24, 2.45) is 0 Å². The molecule has 0 radical (unpaired) electrons. The Balaban J connectivity index is 2.18. The van der Waals surface area contributed by atoms with Crippen LogP contribution in [0.2, 0.25) is 0 Å². The number of hydrogen-bond acceptors (Lipinski definition) is 1. The number of benzene rings is 1. The van der Waals surface area contributed by atoms with Gasteiger partial charge in [0.2, 0.25) is 0 Å². The van der Waals surface area contributed by atoms with Crippen LogP contribution in [0.5, 0.6) is 0 Å². The first-order valence-electron chi connectivity index (χ1n) is 6.93. The molecule has 1 saturated carbocycles. The van der Waals surface area contributed by atoms with Crippen molar-refractivity contribution in [3.8, 4) is 11.8 Å². The number of aliphatic hydroxyl groups is 1. The normalized spacial score (nSPS) is 19.0. The Morgan fingerprint density at radius 1 is 1.22 bits per heavy atom. The monoisotopic (exact) mass is 242 g/mol. The third-order valence-corrected chi connectivity index (χ3v) is 4.20. The molecule has 0 bridgehead atoms. The SMILES string of the molecule is CC#CCCC(O)C1(c2ccccc2)CCCC1. The Morgan fingerprint density at radius 2 is 1.89 bits per heavy atom. The van der Waals surface area contributed by atoms with Gasteiger partial charge in [-0.25, -0.2) is 0 Å². The van der Waals surface area contributed by atoms with Crippen LogP contribution < -0.4 is 0 Å². The third kappa shape index (κ3) is 2.60. The first-order chi connectivity index (χ1) is 8.79. The van der Waals surface area contributed by atoms with Crippen molar-refractivity contribution in [2.75, 3.05) is 0 Å². The minimum Gasteiger partial charge on any atom is -0.392 e. The summed E-state index contributed by atoms with van der Waals surface area (Å²) in [6.45, 7) is 1.86. The van der Waals surface area contributed by atoms with Gasteiger partial charge in [0, 0.05) is 11.8 Å². The van der Waals surface area contributed by atoms with Crippen molar-refractivity contribution in [1.82, 2.24) is 0 Å². The molecule has 0 aliphatic heterocycles. The summed E-state index contributed by atoms with van der Waals surface area (Å²) in [5, 5.41) is 10.6. The third-order valence-electron chi connectivity index (χ3n) is 4.20. The lowest BCUT2D eigenvalue weighted by Crippen LogP contribution is -2.37. The van der Waals surface area contributed by atoms with Gasteiger partial charge in [0.05, 0.1) is 6.10 Å². The zero-order valence-corrected chi connectivity index (χ0v) is 11.2. The Hall–Kier alpha value is -1.26. The molecule has 0 aromatic heterocycles. The lowest BCUT2D eigenvalue weighted by Gasteiger charge is -2.34. The van der Waals surface area contributed by atoms with E-state index in [1.165, 1.54) is 18.4 Å². The van der Waals surface area contributed by atoms with Crippen molar-refractivity contribution >= 4 is 0 Å². The van der Waals surface area contributed by atoms with Crippen LogP contribution >= 0.6 is 0 Å². The van der Waals surface area contributed by atoms with E-state index >= 15 is 0 Å². The number of aliphatic hydroxyl groups excluding tert-OH is 1. The van der Waals surface area contributed by atoms with Gasteiger partial charge < -0.3 is 5.11 Å². The molecule has 1 aromatic carbocycles. The molecule has 0 heterocycles. The highest BCUT2D eigenvalue weighted by Gasteiger charge is 2.41. The predicted octanol–water partition coefficient (Wildman–Crippen LogP) is 3.66. The quantitative estimate of drug-likeness (QED) is 0.799. The second kappa shape index (κ2) is 6.07. The molecule has 0 spiro atoms. The summed E-state index contributed by atoms with van der Waals surface area (Å²) in [5.74, 6) is 5.97. The van der Waals surface area contributed by atoms with Crippen LogP contribution in [0.15, 0.2) is 30.3 Å². The van der Waals surface area contributed by atoms with Gasteiger partial charge in [-0.15, -0.1) is 11.8 Å². The van der Waals surface area contributed by atoms with Crippen molar-refractivity contribution in [2.45, 2.75) is 57.0 Å². The Bertz CT molecular complexity index is 418. The van der Waals surface area contributed by atoms with Crippen LogP contribution in [0.3, 0.4) is 0 Å². The highest BCUT2D eigenvalue weighted by molar-refractivity contribution is 5.28. The van der Waals surface area contributed by atoms with E-state index < -0.39 is 0 Å². The first kappa shape index (κ1) is 13.2. The van der Waals surface area contributed by atoms with Gasteiger partial charge in [0.1, 0.15) is 0 Å². The summed E-state index contributed by atoms with van der Waals surface area (Å²) in [6, 6.07) is 10.5. The van der Waals surface area contributed by atoms with Crippen molar-refractivity contribution in [1.29, 1.82) is 0 Å². The van der Waals surface area contributed by atoms with Gasteiger partial charge in [0.25, 0.3) is 0 Å². The molecule has 1 fully saturated rings. The van der Waals surface area contributed by atoms with Gasteiger partial charge in [-0.3, -0.25) is 0 Å². The summed E-state index contributed by atoms with van der Waals surface area (Å²) < 4.78 is 0. The van der Waals surface area contributed by atoms with Gasteiger partial charge >= 0.3 is 0 Å². The molecule has 1 unspecified atom stereocenters. The first-order valence-corrected chi connectivity index (χ1v) is 6.93. The Morgan fingerprint density at radius 3 is 2.50 bits per heavy atom. The maximum atomic E-state index is 10.6. The van der Waals surface area contributed by atoms with E-state index in [9.17, 15) is 5.11 Å². The molecule has 1 aromatic rings. The highest BCUT2D eigenvalue weighted by atomic mass is 16.3. The second-order valence-electron chi connectivity index (χ2n) is 5.21. The predicted molar refractivity (Wildman–Crippen MR) is 75.3 cm³/mol. The van der Waals surface area contributed by atoms with Crippen LogP contribution in [0.4, 0.5) is 0 Å². The molecule has 18 heavy (non-hydrogen) atoms. The number of hydrogen-bond donors (Lipinski definition) is 1. The van der Waals surface area contributed by atoms with Crippen LogP contribution in [0.1, 0.15) is 51.0 Å². The van der Waals surface area contributed by atoms with E-state index in [0.29, 0.717) is 0 Å². The lowest BCUT2D eigenvalue weighted by molar-refractivity contribution is 0.0758. The van der Waals surface area contributed by atoms with E-state index in [4.69, 9.17) is 0 Å². The smallest absolute Gasteiger partial charge is 0.0645 e. The summed E-state index contributed by atoms with van der Waals surface area (Å²) in [6.07, 6.45) is 6.00. The second-order valence-corrected chi connectivity index (χ2v) is 5.21. The van der Waals surface area contributed by atoms with Gasteiger partial charge in [-0.1, -0.05) is 43.2 Å². The summed E-state index contributed by atoms with van der Waals surface area (Å²) in [5.41, 5.74) is 1.29. The summed E-state index contributed by atoms with van der Waals surface area (Å²) in [4.78, 5) is 0. The standard InChI is InChI=1S/C17H22O/c1-2-3-5-12-16(18)17(13-8-9-14-17)15-10-6-4-7-11-15/h4,6-7,10-11,16,18H,5,8-9,12-14H2,1H3. The fourth-order valence-electron chi connectivity index (χ4n) is 3.20.